The fourth-order valence-corrected chi connectivity index (χ4v) is 2.04. The molecule has 1 aromatic carbocycles. The normalized spacial score (nSPS) is 10.2. The third-order valence-corrected chi connectivity index (χ3v) is 3.34. The summed E-state index contributed by atoms with van der Waals surface area (Å²) in [4.78, 5) is 23.0. The molecule has 20 heavy (non-hydrogen) atoms. The van der Waals surface area contributed by atoms with Gasteiger partial charge in [-0.2, -0.15) is 0 Å². The van der Waals surface area contributed by atoms with Gasteiger partial charge in [-0.1, -0.05) is 30.1 Å². The summed E-state index contributed by atoms with van der Waals surface area (Å²) in [6.07, 6.45) is 1.13. The molecule has 0 heterocycles. The Balaban J connectivity index is 2.83. The van der Waals surface area contributed by atoms with E-state index in [1.165, 1.54) is 6.07 Å². The van der Waals surface area contributed by atoms with E-state index in [2.05, 4.69) is 0 Å². The molecule has 1 aromatic rings. The fraction of sp³-hybridized carbons (Fsp3) is 0.429. The second-order valence-corrected chi connectivity index (χ2v) is 4.76. The SMILES string of the molecule is CCCC(=O)c1ccc(OCC(=O)OCC)c(Cl)c1Cl. The molecule has 110 valence electrons. The highest BCUT2D eigenvalue weighted by Gasteiger charge is 2.16. The van der Waals surface area contributed by atoms with E-state index in [0.29, 0.717) is 12.0 Å². The summed E-state index contributed by atoms with van der Waals surface area (Å²) >= 11 is 12.1. The first-order valence-electron chi connectivity index (χ1n) is 6.30. The second-order valence-electron chi connectivity index (χ2n) is 4.01. The van der Waals surface area contributed by atoms with Crippen molar-refractivity contribution in [3.8, 4) is 5.75 Å². The smallest absolute Gasteiger partial charge is 0.344 e. The zero-order valence-corrected chi connectivity index (χ0v) is 12.9. The number of ketones is 1. The van der Waals surface area contributed by atoms with Crippen molar-refractivity contribution < 1.29 is 19.1 Å². The average molecular weight is 319 g/mol. The maximum absolute atomic E-state index is 11.8. The van der Waals surface area contributed by atoms with Crippen molar-refractivity contribution in [1.82, 2.24) is 0 Å². The van der Waals surface area contributed by atoms with Crippen LogP contribution in [0.25, 0.3) is 0 Å². The molecule has 0 aliphatic rings. The predicted molar refractivity (Wildman–Crippen MR) is 77.8 cm³/mol. The quantitative estimate of drug-likeness (QED) is 0.565. The molecule has 0 amide bonds. The minimum atomic E-state index is -0.495. The van der Waals surface area contributed by atoms with Crippen molar-refractivity contribution in [2.75, 3.05) is 13.2 Å². The van der Waals surface area contributed by atoms with Gasteiger partial charge < -0.3 is 9.47 Å². The molecule has 0 bridgehead atoms. The van der Waals surface area contributed by atoms with Crippen LogP contribution in [0.4, 0.5) is 0 Å². The number of carbonyl (C=O) groups excluding carboxylic acids is 2. The Labute approximate surface area is 128 Å². The van der Waals surface area contributed by atoms with Gasteiger partial charge in [-0.3, -0.25) is 4.79 Å². The number of rotatable bonds is 7. The first-order chi connectivity index (χ1) is 9.51. The van der Waals surface area contributed by atoms with Crippen molar-refractivity contribution >= 4 is 35.0 Å². The molecule has 4 nitrogen and oxygen atoms in total. The molecule has 0 atom stereocenters. The van der Waals surface area contributed by atoms with Gasteiger partial charge in [0.1, 0.15) is 10.8 Å². The van der Waals surface area contributed by atoms with Crippen LogP contribution in [0.2, 0.25) is 10.0 Å². The number of halogens is 2. The summed E-state index contributed by atoms with van der Waals surface area (Å²) in [7, 11) is 0. The van der Waals surface area contributed by atoms with Gasteiger partial charge in [0.2, 0.25) is 0 Å². The van der Waals surface area contributed by atoms with Gasteiger partial charge in [0.25, 0.3) is 0 Å². The number of hydrogen-bond donors (Lipinski definition) is 0. The van der Waals surface area contributed by atoms with Crippen molar-refractivity contribution in [3.05, 3.63) is 27.7 Å². The van der Waals surface area contributed by atoms with E-state index >= 15 is 0 Å². The minimum absolute atomic E-state index is 0.0728. The number of benzene rings is 1. The van der Waals surface area contributed by atoms with Gasteiger partial charge in [0, 0.05) is 12.0 Å². The Morgan fingerprint density at radius 2 is 1.85 bits per heavy atom. The molecule has 0 N–H and O–H groups in total. The van der Waals surface area contributed by atoms with E-state index in [1.54, 1.807) is 13.0 Å². The number of esters is 1. The molecule has 0 radical (unpaired) electrons. The number of hydrogen-bond acceptors (Lipinski definition) is 4. The van der Waals surface area contributed by atoms with Crippen LogP contribution in [0.3, 0.4) is 0 Å². The summed E-state index contributed by atoms with van der Waals surface area (Å²) in [5.74, 6) is -0.320. The highest BCUT2D eigenvalue weighted by Crippen LogP contribution is 2.35. The van der Waals surface area contributed by atoms with Crippen LogP contribution in [-0.2, 0) is 9.53 Å². The first kappa shape index (κ1) is 16.8. The number of ether oxygens (including phenoxy) is 2. The van der Waals surface area contributed by atoms with Crippen LogP contribution in [0.5, 0.6) is 5.75 Å². The van der Waals surface area contributed by atoms with Gasteiger partial charge in [-0.15, -0.1) is 0 Å². The Bertz CT molecular complexity index is 500. The zero-order chi connectivity index (χ0) is 15.1. The Kier molecular flexibility index (Phi) is 6.82. The van der Waals surface area contributed by atoms with E-state index < -0.39 is 5.97 Å². The highest BCUT2D eigenvalue weighted by atomic mass is 35.5. The van der Waals surface area contributed by atoms with Crippen molar-refractivity contribution in [1.29, 1.82) is 0 Å². The standard InChI is InChI=1S/C14H16Cl2O4/c1-3-5-10(17)9-6-7-11(14(16)13(9)15)20-8-12(18)19-4-2/h6-7H,3-5,8H2,1-2H3. The maximum Gasteiger partial charge on any atom is 0.344 e. The van der Waals surface area contributed by atoms with Crippen LogP contribution in [-0.4, -0.2) is 25.0 Å². The van der Waals surface area contributed by atoms with Crippen LogP contribution < -0.4 is 4.74 Å². The molecule has 1 rings (SSSR count). The summed E-state index contributed by atoms with van der Waals surface area (Å²) in [5, 5.41) is 0.268. The van der Waals surface area contributed by atoms with E-state index in [0.717, 1.165) is 6.42 Å². The molecule has 6 heteroatoms. The van der Waals surface area contributed by atoms with Gasteiger partial charge >= 0.3 is 5.97 Å². The van der Waals surface area contributed by atoms with Crippen LogP contribution in [0.1, 0.15) is 37.0 Å². The third-order valence-electron chi connectivity index (χ3n) is 2.48. The zero-order valence-electron chi connectivity index (χ0n) is 11.4. The lowest BCUT2D eigenvalue weighted by molar-refractivity contribution is -0.145. The molecule has 0 unspecified atom stereocenters. The monoisotopic (exact) mass is 318 g/mol. The van der Waals surface area contributed by atoms with E-state index in [-0.39, 0.29) is 34.8 Å². The third kappa shape index (κ3) is 4.39. The molecular formula is C14H16Cl2O4. The second kappa shape index (κ2) is 8.12. The predicted octanol–water partition coefficient (Wildman–Crippen LogP) is 3.92. The van der Waals surface area contributed by atoms with Gasteiger partial charge in [0.15, 0.2) is 12.4 Å². The Morgan fingerprint density at radius 3 is 2.45 bits per heavy atom. The number of Topliss-reactive ketones (excluding diaryl/α,β-unsaturated/α-hetero) is 1. The summed E-state index contributed by atoms with van der Waals surface area (Å²) < 4.78 is 9.96. The topological polar surface area (TPSA) is 52.6 Å². The van der Waals surface area contributed by atoms with Crippen molar-refractivity contribution in [2.45, 2.75) is 26.7 Å². The fourth-order valence-electron chi connectivity index (χ4n) is 1.56. The molecular weight excluding hydrogens is 303 g/mol. The molecule has 0 aliphatic heterocycles. The van der Waals surface area contributed by atoms with E-state index in [4.69, 9.17) is 32.7 Å². The first-order valence-corrected chi connectivity index (χ1v) is 7.06. The van der Waals surface area contributed by atoms with Gasteiger partial charge in [-0.25, -0.2) is 4.79 Å². The van der Waals surface area contributed by atoms with E-state index in [9.17, 15) is 9.59 Å². The van der Waals surface area contributed by atoms with Crippen molar-refractivity contribution in [2.24, 2.45) is 0 Å². The van der Waals surface area contributed by atoms with Gasteiger partial charge in [-0.05, 0) is 25.5 Å². The molecule has 0 fully saturated rings. The van der Waals surface area contributed by atoms with Crippen LogP contribution >= 0.6 is 23.2 Å². The lowest BCUT2D eigenvalue weighted by Gasteiger charge is -2.11. The Morgan fingerprint density at radius 1 is 1.15 bits per heavy atom. The van der Waals surface area contributed by atoms with Crippen LogP contribution in [0.15, 0.2) is 12.1 Å². The molecule has 0 aromatic heterocycles. The van der Waals surface area contributed by atoms with E-state index in [1.807, 2.05) is 6.92 Å². The summed E-state index contributed by atoms with van der Waals surface area (Å²) in [6.45, 7) is 3.63. The lowest BCUT2D eigenvalue weighted by Crippen LogP contribution is -2.14. The van der Waals surface area contributed by atoms with Crippen molar-refractivity contribution in [3.63, 3.8) is 0 Å². The maximum atomic E-state index is 11.8. The highest BCUT2D eigenvalue weighted by molar-refractivity contribution is 6.44. The lowest BCUT2D eigenvalue weighted by atomic mass is 10.1. The van der Waals surface area contributed by atoms with Crippen LogP contribution in [0, 0.1) is 0 Å². The molecule has 0 saturated heterocycles. The summed E-state index contributed by atoms with van der Waals surface area (Å²) in [6, 6.07) is 3.07. The van der Waals surface area contributed by atoms with Gasteiger partial charge in [0.05, 0.1) is 11.6 Å². The molecule has 0 spiro atoms. The Hall–Kier alpha value is -1.26. The largest absolute Gasteiger partial charge is 0.480 e. The average Bonchev–Trinajstić information content (AvgIpc) is 2.41. The summed E-state index contributed by atoms with van der Waals surface area (Å²) in [5.41, 5.74) is 0.363. The molecule has 0 saturated carbocycles. The number of carbonyl (C=O) groups is 2. The minimum Gasteiger partial charge on any atom is -0.480 e. The molecule has 0 aliphatic carbocycles.